The van der Waals surface area contributed by atoms with Gasteiger partial charge in [-0.1, -0.05) is 6.08 Å². The lowest BCUT2D eigenvalue weighted by molar-refractivity contribution is -0.136. The summed E-state index contributed by atoms with van der Waals surface area (Å²) in [6, 6.07) is 0. The number of aliphatic hydroxyl groups is 1. The third-order valence-corrected chi connectivity index (χ3v) is 1.52. The lowest BCUT2D eigenvalue weighted by atomic mass is 10.1. The van der Waals surface area contributed by atoms with Crippen molar-refractivity contribution in [2.24, 2.45) is 11.5 Å². The molecule has 0 fully saturated rings. The topological polar surface area (TPSA) is 81.5 Å². The van der Waals surface area contributed by atoms with Crippen molar-refractivity contribution in [2.75, 3.05) is 0 Å². The van der Waals surface area contributed by atoms with E-state index in [0.717, 1.165) is 0 Å². The molecule has 4 nitrogen and oxygen atoms in total. The SMILES string of the molecule is CC(O)OC1(N)C=CCC(N)=C1.Cl.Cl. The predicted octanol–water partition coefficient (Wildman–Crippen LogP) is 0.642. The summed E-state index contributed by atoms with van der Waals surface area (Å²) in [5, 5.41) is 8.95. The maximum absolute atomic E-state index is 8.95. The highest BCUT2D eigenvalue weighted by Crippen LogP contribution is 2.17. The first-order valence-corrected chi connectivity index (χ1v) is 3.81. The van der Waals surface area contributed by atoms with Crippen LogP contribution in [0.5, 0.6) is 0 Å². The zero-order chi connectivity index (χ0) is 9.19. The quantitative estimate of drug-likeness (QED) is 0.491. The monoisotopic (exact) mass is 242 g/mol. The van der Waals surface area contributed by atoms with Gasteiger partial charge in [0, 0.05) is 12.1 Å². The van der Waals surface area contributed by atoms with Gasteiger partial charge in [0.1, 0.15) is 0 Å². The molecule has 0 spiro atoms. The molecule has 84 valence electrons. The average molecular weight is 243 g/mol. The molecule has 0 radical (unpaired) electrons. The number of nitrogens with two attached hydrogens (primary N) is 2. The molecule has 0 saturated heterocycles. The Balaban J connectivity index is 0. The molecule has 5 N–H and O–H groups in total. The maximum Gasteiger partial charge on any atom is 0.160 e. The molecule has 14 heavy (non-hydrogen) atoms. The first kappa shape index (κ1) is 16.2. The van der Waals surface area contributed by atoms with E-state index in [4.69, 9.17) is 21.3 Å². The largest absolute Gasteiger partial charge is 0.402 e. The second-order valence-electron chi connectivity index (χ2n) is 2.90. The molecule has 2 atom stereocenters. The molecule has 0 saturated carbocycles. The van der Waals surface area contributed by atoms with E-state index in [2.05, 4.69) is 0 Å². The van der Waals surface area contributed by atoms with Crippen LogP contribution in [0.3, 0.4) is 0 Å². The molecule has 1 aliphatic rings. The van der Waals surface area contributed by atoms with E-state index < -0.39 is 12.0 Å². The Kier molecular flexibility index (Phi) is 7.24. The molecular formula is C8H16Cl2N2O2. The van der Waals surface area contributed by atoms with Crippen LogP contribution in [0.1, 0.15) is 13.3 Å². The van der Waals surface area contributed by atoms with Crippen molar-refractivity contribution in [1.82, 2.24) is 0 Å². The van der Waals surface area contributed by atoms with Crippen LogP contribution in [0.25, 0.3) is 0 Å². The fourth-order valence-corrected chi connectivity index (χ4v) is 1.14. The molecule has 0 heterocycles. The number of halogens is 2. The Hall–Kier alpha value is -0.260. The highest BCUT2D eigenvalue weighted by atomic mass is 35.5. The second kappa shape index (κ2) is 6.27. The molecular weight excluding hydrogens is 227 g/mol. The van der Waals surface area contributed by atoms with Gasteiger partial charge >= 0.3 is 0 Å². The average Bonchev–Trinajstić information content (AvgIpc) is 1.82. The molecule has 0 amide bonds. The van der Waals surface area contributed by atoms with Crippen LogP contribution in [0.15, 0.2) is 23.9 Å². The van der Waals surface area contributed by atoms with Gasteiger partial charge in [-0.2, -0.15) is 0 Å². The van der Waals surface area contributed by atoms with Crippen molar-refractivity contribution in [3.05, 3.63) is 23.9 Å². The number of hydrogen-bond donors (Lipinski definition) is 3. The van der Waals surface area contributed by atoms with Gasteiger partial charge in [0.15, 0.2) is 12.0 Å². The number of aliphatic hydroxyl groups excluding tert-OH is 1. The van der Waals surface area contributed by atoms with Crippen LogP contribution in [-0.4, -0.2) is 17.1 Å². The van der Waals surface area contributed by atoms with Crippen LogP contribution in [0.4, 0.5) is 0 Å². The summed E-state index contributed by atoms with van der Waals surface area (Å²) in [5.41, 5.74) is 10.9. The van der Waals surface area contributed by atoms with E-state index >= 15 is 0 Å². The number of ether oxygens (including phenoxy) is 1. The van der Waals surface area contributed by atoms with E-state index in [-0.39, 0.29) is 24.8 Å². The minimum atomic E-state index is -1.05. The first-order valence-electron chi connectivity index (χ1n) is 3.81. The van der Waals surface area contributed by atoms with Crippen molar-refractivity contribution in [1.29, 1.82) is 0 Å². The Morgan fingerprint density at radius 2 is 2.14 bits per heavy atom. The third-order valence-electron chi connectivity index (χ3n) is 1.52. The molecule has 1 rings (SSSR count). The highest BCUT2D eigenvalue weighted by molar-refractivity contribution is 5.85. The maximum atomic E-state index is 8.95. The Labute approximate surface area is 95.8 Å². The van der Waals surface area contributed by atoms with E-state index in [1.54, 1.807) is 12.2 Å². The first-order chi connectivity index (χ1) is 5.52. The molecule has 0 aromatic carbocycles. The lowest BCUT2D eigenvalue weighted by Crippen LogP contribution is -2.43. The van der Waals surface area contributed by atoms with E-state index in [1.165, 1.54) is 6.92 Å². The summed E-state index contributed by atoms with van der Waals surface area (Å²) >= 11 is 0. The molecule has 0 bridgehead atoms. The highest BCUT2D eigenvalue weighted by Gasteiger charge is 2.23. The van der Waals surface area contributed by atoms with Crippen LogP contribution in [0.2, 0.25) is 0 Å². The molecule has 0 aromatic heterocycles. The molecule has 0 aromatic rings. The minimum absolute atomic E-state index is 0. The summed E-state index contributed by atoms with van der Waals surface area (Å²) in [7, 11) is 0. The summed E-state index contributed by atoms with van der Waals surface area (Å²) in [5.74, 6) is 0. The van der Waals surface area contributed by atoms with Crippen molar-refractivity contribution >= 4 is 24.8 Å². The number of allylic oxidation sites excluding steroid dienone is 1. The number of rotatable bonds is 2. The lowest BCUT2D eigenvalue weighted by Gasteiger charge is -2.27. The fraction of sp³-hybridized carbons (Fsp3) is 0.500. The Morgan fingerprint density at radius 3 is 2.57 bits per heavy atom. The van der Waals surface area contributed by atoms with E-state index in [0.29, 0.717) is 12.1 Å². The molecule has 0 aliphatic heterocycles. The van der Waals surface area contributed by atoms with Gasteiger partial charge in [0.25, 0.3) is 0 Å². The summed E-state index contributed by atoms with van der Waals surface area (Å²) in [6.45, 7) is 1.50. The molecule has 1 aliphatic carbocycles. The summed E-state index contributed by atoms with van der Waals surface area (Å²) < 4.78 is 5.04. The van der Waals surface area contributed by atoms with Gasteiger partial charge in [-0.25, -0.2) is 0 Å². The van der Waals surface area contributed by atoms with Crippen LogP contribution < -0.4 is 11.5 Å². The van der Waals surface area contributed by atoms with Crippen LogP contribution >= 0.6 is 24.8 Å². The molecule has 6 heteroatoms. The third kappa shape index (κ3) is 4.83. The Bertz CT molecular complexity index is 231. The van der Waals surface area contributed by atoms with E-state index in [1.807, 2.05) is 6.08 Å². The summed E-state index contributed by atoms with van der Waals surface area (Å²) in [6.07, 6.45) is 4.87. The van der Waals surface area contributed by atoms with Gasteiger partial charge in [0.2, 0.25) is 0 Å². The smallest absolute Gasteiger partial charge is 0.160 e. The normalized spacial score (nSPS) is 26.9. The van der Waals surface area contributed by atoms with Crippen molar-refractivity contribution in [3.8, 4) is 0 Å². The zero-order valence-electron chi connectivity index (χ0n) is 7.84. The zero-order valence-corrected chi connectivity index (χ0v) is 9.48. The van der Waals surface area contributed by atoms with Gasteiger partial charge in [-0.05, 0) is 19.1 Å². The standard InChI is InChI=1S/C8H14N2O2.2ClH/c1-6(11)12-8(10)4-2-3-7(9)5-8;;/h2,4-6,11H,3,9-10H2,1H3;2*1H. The Morgan fingerprint density at radius 1 is 1.57 bits per heavy atom. The van der Waals surface area contributed by atoms with Gasteiger partial charge in [-0.3, -0.25) is 5.73 Å². The minimum Gasteiger partial charge on any atom is -0.402 e. The van der Waals surface area contributed by atoms with Crippen molar-refractivity contribution in [3.63, 3.8) is 0 Å². The van der Waals surface area contributed by atoms with E-state index in [9.17, 15) is 0 Å². The van der Waals surface area contributed by atoms with Crippen LogP contribution in [0, 0.1) is 0 Å². The van der Waals surface area contributed by atoms with Gasteiger partial charge in [0.05, 0.1) is 0 Å². The number of hydrogen-bond acceptors (Lipinski definition) is 4. The van der Waals surface area contributed by atoms with Crippen LogP contribution in [-0.2, 0) is 4.74 Å². The van der Waals surface area contributed by atoms with Gasteiger partial charge < -0.3 is 15.6 Å². The predicted molar refractivity (Wildman–Crippen MR) is 60.2 cm³/mol. The second-order valence-corrected chi connectivity index (χ2v) is 2.90. The molecule has 2 unspecified atom stereocenters. The fourth-order valence-electron chi connectivity index (χ4n) is 1.14. The van der Waals surface area contributed by atoms with Crippen molar-refractivity contribution in [2.45, 2.75) is 25.4 Å². The van der Waals surface area contributed by atoms with Crippen molar-refractivity contribution < 1.29 is 9.84 Å². The summed E-state index contributed by atoms with van der Waals surface area (Å²) in [4.78, 5) is 0. The van der Waals surface area contributed by atoms with Gasteiger partial charge in [-0.15, -0.1) is 24.8 Å².